The van der Waals surface area contributed by atoms with Crippen LogP contribution in [0.25, 0.3) is 0 Å². The number of amides is 2. The Morgan fingerprint density at radius 1 is 1.27 bits per heavy atom. The van der Waals surface area contributed by atoms with Crippen molar-refractivity contribution in [3.8, 4) is 6.07 Å². The Morgan fingerprint density at radius 2 is 2.03 bits per heavy atom. The molecular formula is C24H22ClFN4O3. The number of hydrogen-bond donors (Lipinski definition) is 2. The number of anilines is 1. The van der Waals surface area contributed by atoms with E-state index in [9.17, 15) is 24.0 Å². The summed E-state index contributed by atoms with van der Waals surface area (Å²) in [7, 11) is 0. The lowest BCUT2D eigenvalue weighted by molar-refractivity contribution is -0.119. The second-order valence-electron chi connectivity index (χ2n) is 9.31. The fourth-order valence-electron chi connectivity index (χ4n) is 5.78. The van der Waals surface area contributed by atoms with Crippen LogP contribution in [0.3, 0.4) is 0 Å². The molecule has 2 amide bonds. The molecule has 170 valence electrons. The first-order valence-electron chi connectivity index (χ1n) is 11.0. The van der Waals surface area contributed by atoms with E-state index in [1.165, 1.54) is 12.1 Å². The molecule has 1 aromatic carbocycles. The first kappa shape index (κ1) is 21.7. The van der Waals surface area contributed by atoms with Crippen molar-refractivity contribution in [2.45, 2.75) is 51.1 Å². The number of carbonyl (C=O) groups excluding carboxylic acids is 3. The van der Waals surface area contributed by atoms with E-state index >= 15 is 0 Å². The first-order valence-corrected chi connectivity index (χ1v) is 11.4. The van der Waals surface area contributed by atoms with Gasteiger partial charge in [0.25, 0.3) is 17.6 Å². The first-order chi connectivity index (χ1) is 15.7. The van der Waals surface area contributed by atoms with Crippen LogP contribution < -0.4 is 10.6 Å². The highest BCUT2D eigenvalue weighted by Crippen LogP contribution is 2.55. The van der Waals surface area contributed by atoms with Crippen LogP contribution in [0.1, 0.15) is 57.8 Å². The van der Waals surface area contributed by atoms with Gasteiger partial charge in [0.15, 0.2) is 0 Å². The van der Waals surface area contributed by atoms with E-state index in [0.717, 1.165) is 25.3 Å². The van der Waals surface area contributed by atoms with E-state index in [0.29, 0.717) is 47.9 Å². The molecule has 3 saturated carbocycles. The normalized spacial score (nSPS) is 24.5. The van der Waals surface area contributed by atoms with Gasteiger partial charge in [0, 0.05) is 23.5 Å². The molecule has 0 radical (unpaired) electrons. The fraction of sp³-hybridized carbons (Fsp3) is 0.417. The smallest absolute Gasteiger partial charge is 0.292 e. The minimum Gasteiger partial charge on any atom is -0.344 e. The molecule has 1 aliphatic heterocycles. The summed E-state index contributed by atoms with van der Waals surface area (Å²) in [6.45, 7) is 2.23. The molecule has 0 spiro atoms. The minimum atomic E-state index is -0.687. The molecule has 1 atom stereocenters. The van der Waals surface area contributed by atoms with Crippen molar-refractivity contribution in [3.63, 3.8) is 0 Å². The predicted molar refractivity (Wildman–Crippen MR) is 119 cm³/mol. The van der Waals surface area contributed by atoms with Crippen molar-refractivity contribution in [2.24, 2.45) is 11.8 Å². The van der Waals surface area contributed by atoms with Crippen LogP contribution in [0.15, 0.2) is 18.2 Å². The largest absolute Gasteiger partial charge is 0.344 e. The molecule has 2 N–H and O–H groups in total. The number of nitrogens with zero attached hydrogens (tertiary/aromatic N) is 2. The lowest BCUT2D eigenvalue weighted by Crippen LogP contribution is -2.53. The number of ketones is 1. The van der Waals surface area contributed by atoms with Gasteiger partial charge in [-0.15, -0.1) is 0 Å². The lowest BCUT2D eigenvalue weighted by Gasteiger charge is -2.38. The van der Waals surface area contributed by atoms with Gasteiger partial charge in [-0.05, 0) is 68.7 Å². The standard InChI is InChI=1S/C24H22ClFN4O3/c1-12-19(21(31)23(33)29-24-8-13(9-24)14(10-24)11-27)18-3-2-6-30(18)20(12)22(32)28-15-4-5-17(26)16(25)7-15/h4-5,7,13-14H,2-3,6,8-10H2,1H3,(H,28,32)(H,29,33). The summed E-state index contributed by atoms with van der Waals surface area (Å²) < 4.78 is 15.2. The van der Waals surface area contributed by atoms with E-state index in [1.54, 1.807) is 11.5 Å². The molecule has 2 heterocycles. The fourth-order valence-corrected chi connectivity index (χ4v) is 5.96. The Hall–Kier alpha value is -3.18. The number of hydrogen-bond acceptors (Lipinski definition) is 4. The van der Waals surface area contributed by atoms with Crippen LogP contribution in [-0.2, 0) is 17.8 Å². The van der Waals surface area contributed by atoms with E-state index in [4.69, 9.17) is 11.6 Å². The molecule has 3 fully saturated rings. The van der Waals surface area contributed by atoms with Gasteiger partial charge in [-0.2, -0.15) is 5.26 Å². The van der Waals surface area contributed by atoms with Crippen molar-refractivity contribution >= 4 is 34.9 Å². The molecule has 1 unspecified atom stereocenters. The number of nitriles is 1. The zero-order valence-electron chi connectivity index (χ0n) is 18.0. The van der Waals surface area contributed by atoms with Gasteiger partial charge in [-0.25, -0.2) is 4.39 Å². The summed E-state index contributed by atoms with van der Waals surface area (Å²) in [6, 6.07) is 6.17. The Kier molecular flexibility index (Phi) is 5.05. The maximum Gasteiger partial charge on any atom is 0.292 e. The number of rotatable bonds is 5. The summed E-state index contributed by atoms with van der Waals surface area (Å²) in [4.78, 5) is 39.2. The molecule has 2 bridgehead atoms. The van der Waals surface area contributed by atoms with Crippen LogP contribution in [0, 0.1) is 35.9 Å². The van der Waals surface area contributed by atoms with E-state index in [1.807, 2.05) is 0 Å². The van der Waals surface area contributed by atoms with Crippen LogP contribution in [0.4, 0.5) is 10.1 Å². The maximum atomic E-state index is 13.4. The number of halogens is 2. The van der Waals surface area contributed by atoms with Crippen LogP contribution in [0.2, 0.25) is 5.02 Å². The van der Waals surface area contributed by atoms with Gasteiger partial charge in [-0.3, -0.25) is 14.4 Å². The summed E-state index contributed by atoms with van der Waals surface area (Å²) in [5.41, 5.74) is 1.58. The highest BCUT2D eigenvalue weighted by atomic mass is 35.5. The monoisotopic (exact) mass is 468 g/mol. The summed E-state index contributed by atoms with van der Waals surface area (Å²) in [5.74, 6) is -2.16. The molecule has 6 rings (SSSR count). The van der Waals surface area contributed by atoms with Crippen LogP contribution in [-0.4, -0.2) is 27.7 Å². The summed E-state index contributed by atoms with van der Waals surface area (Å²) in [5, 5.41) is 14.7. The molecule has 9 heteroatoms. The van der Waals surface area contributed by atoms with E-state index in [-0.39, 0.29) is 16.5 Å². The molecule has 1 aromatic heterocycles. The van der Waals surface area contributed by atoms with Crippen LogP contribution in [0.5, 0.6) is 0 Å². The number of carbonyl (C=O) groups is 3. The average Bonchev–Trinajstić information content (AvgIpc) is 3.48. The van der Waals surface area contributed by atoms with Gasteiger partial charge < -0.3 is 15.2 Å². The minimum absolute atomic E-state index is 0.0730. The zero-order valence-corrected chi connectivity index (χ0v) is 18.8. The lowest BCUT2D eigenvalue weighted by atomic mass is 9.76. The number of aromatic nitrogens is 1. The molecule has 33 heavy (non-hydrogen) atoms. The number of benzene rings is 1. The molecule has 2 aromatic rings. The van der Waals surface area contributed by atoms with Gasteiger partial charge in [-0.1, -0.05) is 11.6 Å². The molecule has 0 saturated heterocycles. The predicted octanol–water partition coefficient (Wildman–Crippen LogP) is 3.78. The molecule has 7 nitrogen and oxygen atoms in total. The SMILES string of the molecule is Cc1c(C(=O)C(=O)NC23CC(C#N)C(C2)C3)c2n(c1C(=O)Nc1ccc(F)c(Cl)c1)CCC2. The highest BCUT2D eigenvalue weighted by molar-refractivity contribution is 6.44. The summed E-state index contributed by atoms with van der Waals surface area (Å²) in [6.07, 6.45) is 3.38. The summed E-state index contributed by atoms with van der Waals surface area (Å²) >= 11 is 5.81. The number of nitrogens with one attached hydrogen (secondary N) is 2. The molecular weight excluding hydrogens is 447 g/mol. The molecule has 3 aliphatic carbocycles. The Morgan fingerprint density at radius 3 is 2.70 bits per heavy atom. The molecule has 4 aliphatic rings. The average molecular weight is 469 g/mol. The van der Waals surface area contributed by atoms with Gasteiger partial charge in [0.2, 0.25) is 0 Å². The quantitative estimate of drug-likeness (QED) is 0.514. The van der Waals surface area contributed by atoms with Gasteiger partial charge in [0.05, 0.1) is 22.6 Å². The van der Waals surface area contributed by atoms with Crippen molar-refractivity contribution in [1.82, 2.24) is 9.88 Å². The third-order valence-electron chi connectivity index (χ3n) is 7.27. The maximum absolute atomic E-state index is 13.4. The second-order valence-corrected chi connectivity index (χ2v) is 9.71. The van der Waals surface area contributed by atoms with Crippen molar-refractivity contribution in [3.05, 3.63) is 51.6 Å². The Bertz CT molecular complexity index is 1260. The van der Waals surface area contributed by atoms with Crippen molar-refractivity contribution in [1.29, 1.82) is 5.26 Å². The van der Waals surface area contributed by atoms with Crippen molar-refractivity contribution in [2.75, 3.05) is 5.32 Å². The highest BCUT2D eigenvalue weighted by Gasteiger charge is 2.57. The van der Waals surface area contributed by atoms with Crippen molar-refractivity contribution < 1.29 is 18.8 Å². The van der Waals surface area contributed by atoms with E-state index < -0.39 is 29.0 Å². The zero-order chi connectivity index (χ0) is 23.5. The third kappa shape index (κ3) is 3.42. The van der Waals surface area contributed by atoms with Gasteiger partial charge >= 0.3 is 0 Å². The number of Topliss-reactive ketones (excluding diaryl/α,β-unsaturated/α-hetero) is 1. The second kappa shape index (κ2) is 7.70. The Balaban J connectivity index is 1.40. The van der Waals surface area contributed by atoms with Crippen LogP contribution >= 0.6 is 11.6 Å². The third-order valence-corrected chi connectivity index (χ3v) is 7.56. The van der Waals surface area contributed by atoms with Gasteiger partial charge in [0.1, 0.15) is 11.5 Å². The number of fused-ring (bicyclic) bond motifs is 2. The van der Waals surface area contributed by atoms with E-state index in [2.05, 4.69) is 16.7 Å². The Labute approximate surface area is 194 Å². The topological polar surface area (TPSA) is 104 Å².